The Bertz CT molecular complexity index is 2710. The van der Waals surface area contributed by atoms with Gasteiger partial charge in [-0.15, -0.1) is 0 Å². The molecule has 0 atom stereocenters. The van der Waals surface area contributed by atoms with Gasteiger partial charge in [-0.2, -0.15) is 0 Å². The second-order valence-electron chi connectivity index (χ2n) is 11.6. The van der Waals surface area contributed by atoms with Crippen molar-refractivity contribution in [2.24, 2.45) is 0 Å². The van der Waals surface area contributed by atoms with Crippen LogP contribution in [0, 0.1) is 0 Å². The van der Waals surface area contributed by atoms with Crippen LogP contribution in [0.1, 0.15) is 20.7 Å². The number of pyridine rings is 2. The number of hydrogen-bond donors (Lipinski definition) is 4. The first-order chi connectivity index (χ1) is 27.5. The highest BCUT2D eigenvalue weighted by Crippen LogP contribution is 2.39. The van der Waals surface area contributed by atoms with E-state index in [1.807, 2.05) is 36.4 Å². The topological polar surface area (TPSA) is 209 Å². The van der Waals surface area contributed by atoms with E-state index in [0.717, 1.165) is 30.8 Å². The second kappa shape index (κ2) is 18.0. The molecule has 0 saturated carbocycles. The maximum Gasteiger partial charge on any atom is 0.341 e. The molecule has 0 aliphatic carbocycles. The summed E-state index contributed by atoms with van der Waals surface area (Å²) in [6, 6.07) is 21.1. The first-order valence-corrected chi connectivity index (χ1v) is 18.4. The Morgan fingerprint density at radius 1 is 0.719 bits per heavy atom. The average Bonchev–Trinajstić information content (AvgIpc) is 3.95. The monoisotopic (exact) mass is 914 g/mol. The lowest BCUT2D eigenvalue weighted by Crippen LogP contribution is -2.06. The number of anilines is 3. The first kappa shape index (κ1) is 40.2. The summed E-state index contributed by atoms with van der Waals surface area (Å²) in [7, 11) is 2.84. The number of carbonyl (C=O) groups is 2. The molecule has 288 valence electrons. The summed E-state index contributed by atoms with van der Waals surface area (Å²) in [4.78, 5) is 39.6. The number of halogens is 3. The largest absolute Gasteiger partial charge is 0.496 e. The van der Waals surface area contributed by atoms with Crippen molar-refractivity contribution in [2.75, 3.05) is 25.3 Å². The SMILES string of the molecule is COc1cccc(N)c1C(=O)O.COc1cccc(Nc2c(-c3ncco3)cnc3ccc(Br)cc23)c1C(=O)O.Clc1c(-c2ncco2)cnc2ccc(Br)cc12. The van der Waals surface area contributed by atoms with Crippen LogP contribution in [0.2, 0.25) is 5.02 Å². The Balaban J connectivity index is 0.000000160. The van der Waals surface area contributed by atoms with Gasteiger partial charge in [0, 0.05) is 37.8 Å². The van der Waals surface area contributed by atoms with Crippen molar-refractivity contribution in [1.29, 1.82) is 0 Å². The van der Waals surface area contributed by atoms with Crippen LogP contribution < -0.4 is 20.5 Å². The zero-order valence-electron chi connectivity index (χ0n) is 29.7. The number of nitrogens with one attached hydrogen (secondary N) is 1. The number of oxazole rings is 2. The van der Waals surface area contributed by atoms with E-state index in [1.165, 1.54) is 32.8 Å². The summed E-state index contributed by atoms with van der Waals surface area (Å²) >= 11 is 13.2. The number of carboxylic acid groups (broad SMARTS) is 2. The number of benzene rings is 4. The van der Waals surface area contributed by atoms with Crippen molar-refractivity contribution in [2.45, 2.75) is 0 Å². The number of carboxylic acids is 2. The zero-order chi connectivity index (χ0) is 40.6. The minimum Gasteiger partial charge on any atom is -0.496 e. The molecule has 8 aromatic rings. The highest BCUT2D eigenvalue weighted by atomic mass is 79.9. The molecule has 0 amide bonds. The third-order valence-electron chi connectivity index (χ3n) is 8.13. The number of fused-ring (bicyclic) bond motifs is 2. The Labute approximate surface area is 345 Å². The molecule has 57 heavy (non-hydrogen) atoms. The lowest BCUT2D eigenvalue weighted by atomic mass is 10.1. The summed E-state index contributed by atoms with van der Waals surface area (Å²) < 4.78 is 22.6. The molecular formula is C40H29Br2ClN6O8. The standard InChI is InChI=1S/C20H14BrN3O4.C12H6BrClN2O.C8H9NO3/c1-27-16-4-2-3-15(17(16)20(25)26)24-18-12-9-11(21)5-6-14(12)23-10-13(18)19-22-7-8-28-19;13-7-1-2-10-8(5-7)11(14)9(6-16-10)12-15-3-4-17-12;1-12-6-4-2-3-5(9)7(6)8(10)11/h2-10H,1H3,(H,23,24)(H,25,26);1-6H;2-4H,9H2,1H3,(H,10,11). The van der Waals surface area contributed by atoms with E-state index in [2.05, 4.69) is 57.1 Å². The Morgan fingerprint density at radius 3 is 1.79 bits per heavy atom. The quantitative estimate of drug-likeness (QED) is 0.105. The molecule has 0 aliphatic rings. The van der Waals surface area contributed by atoms with Crippen molar-refractivity contribution < 1.29 is 38.1 Å². The molecule has 0 aliphatic heterocycles. The lowest BCUT2D eigenvalue weighted by Gasteiger charge is -2.16. The van der Waals surface area contributed by atoms with Crippen LogP contribution in [0.3, 0.4) is 0 Å². The van der Waals surface area contributed by atoms with E-state index in [9.17, 15) is 14.7 Å². The van der Waals surface area contributed by atoms with Gasteiger partial charge < -0.3 is 39.6 Å². The minimum absolute atomic E-state index is 0.0139. The van der Waals surface area contributed by atoms with E-state index < -0.39 is 11.9 Å². The summed E-state index contributed by atoms with van der Waals surface area (Å²) in [5, 5.41) is 23.9. The molecule has 4 aromatic heterocycles. The number of nitrogen functional groups attached to an aromatic ring is 1. The zero-order valence-corrected chi connectivity index (χ0v) is 33.7. The van der Waals surface area contributed by atoms with E-state index >= 15 is 0 Å². The van der Waals surface area contributed by atoms with Crippen molar-refractivity contribution in [3.8, 4) is 34.4 Å². The molecule has 8 rings (SSSR count). The van der Waals surface area contributed by atoms with Gasteiger partial charge in [0.25, 0.3) is 0 Å². The Kier molecular flexibility index (Phi) is 12.7. The van der Waals surface area contributed by atoms with Crippen LogP contribution in [-0.2, 0) is 0 Å². The van der Waals surface area contributed by atoms with Gasteiger partial charge in [0.2, 0.25) is 11.8 Å². The third kappa shape index (κ3) is 8.99. The van der Waals surface area contributed by atoms with Crippen LogP contribution in [0.4, 0.5) is 17.1 Å². The van der Waals surface area contributed by atoms with Crippen LogP contribution in [0.5, 0.6) is 11.5 Å². The average molecular weight is 917 g/mol. The molecule has 17 heteroatoms. The van der Waals surface area contributed by atoms with E-state index in [1.54, 1.807) is 55.1 Å². The fraction of sp³-hybridized carbons (Fsp3) is 0.0500. The predicted molar refractivity (Wildman–Crippen MR) is 222 cm³/mol. The van der Waals surface area contributed by atoms with E-state index in [4.69, 9.17) is 40.7 Å². The number of rotatable bonds is 8. The van der Waals surface area contributed by atoms with Gasteiger partial charge in [0.1, 0.15) is 35.2 Å². The molecule has 0 fully saturated rings. The summed E-state index contributed by atoms with van der Waals surface area (Å²) in [6.45, 7) is 0. The number of methoxy groups -OCH3 is 2. The minimum atomic E-state index is -1.10. The van der Waals surface area contributed by atoms with Crippen LogP contribution >= 0.6 is 43.5 Å². The van der Waals surface area contributed by atoms with Crippen molar-refractivity contribution in [3.05, 3.63) is 135 Å². The highest BCUT2D eigenvalue weighted by molar-refractivity contribution is 9.10. The molecule has 5 N–H and O–H groups in total. The Morgan fingerprint density at radius 2 is 1.25 bits per heavy atom. The lowest BCUT2D eigenvalue weighted by molar-refractivity contribution is 0.0683. The summed E-state index contributed by atoms with van der Waals surface area (Å²) in [6.07, 6.45) is 9.42. The number of aromatic carboxylic acids is 2. The predicted octanol–water partition coefficient (Wildman–Crippen LogP) is 10.4. The van der Waals surface area contributed by atoms with Gasteiger partial charge in [-0.25, -0.2) is 19.6 Å². The van der Waals surface area contributed by atoms with E-state index in [0.29, 0.717) is 39.3 Å². The van der Waals surface area contributed by atoms with Gasteiger partial charge in [-0.1, -0.05) is 55.6 Å². The molecule has 0 unspecified atom stereocenters. The van der Waals surface area contributed by atoms with Crippen LogP contribution in [0.15, 0.2) is 128 Å². The summed E-state index contributed by atoms with van der Waals surface area (Å²) in [5.74, 6) is -0.791. The molecule has 0 radical (unpaired) electrons. The van der Waals surface area contributed by atoms with Crippen LogP contribution in [-0.4, -0.2) is 56.3 Å². The molecule has 0 bridgehead atoms. The number of hydrogen-bond acceptors (Lipinski definition) is 12. The fourth-order valence-corrected chi connectivity index (χ4v) is 6.57. The fourth-order valence-electron chi connectivity index (χ4n) is 5.56. The molecule has 0 saturated heterocycles. The number of nitrogens with zero attached hydrogens (tertiary/aromatic N) is 4. The van der Waals surface area contributed by atoms with E-state index in [-0.39, 0.29) is 28.3 Å². The normalized spacial score (nSPS) is 10.5. The van der Waals surface area contributed by atoms with Gasteiger partial charge in [-0.05, 0) is 60.7 Å². The van der Waals surface area contributed by atoms with Gasteiger partial charge in [0.05, 0.1) is 65.2 Å². The molecular weight excluding hydrogens is 888 g/mol. The summed E-state index contributed by atoms with van der Waals surface area (Å²) in [5.41, 5.74) is 9.58. The van der Waals surface area contributed by atoms with Gasteiger partial charge in [0.15, 0.2) is 0 Å². The maximum absolute atomic E-state index is 11.9. The molecule has 4 heterocycles. The van der Waals surface area contributed by atoms with Crippen molar-refractivity contribution in [3.63, 3.8) is 0 Å². The number of nitrogens with two attached hydrogens (primary N) is 1. The molecule has 14 nitrogen and oxygen atoms in total. The number of aromatic nitrogens is 4. The number of ether oxygens (including phenoxy) is 2. The van der Waals surface area contributed by atoms with Crippen molar-refractivity contribution in [1.82, 2.24) is 19.9 Å². The highest BCUT2D eigenvalue weighted by Gasteiger charge is 2.21. The Hall–Kier alpha value is -6.49. The van der Waals surface area contributed by atoms with Crippen LogP contribution in [0.25, 0.3) is 44.7 Å². The first-order valence-electron chi connectivity index (χ1n) is 16.5. The van der Waals surface area contributed by atoms with Gasteiger partial charge in [-0.3, -0.25) is 9.97 Å². The van der Waals surface area contributed by atoms with Crippen molar-refractivity contribution >= 4 is 94.3 Å². The van der Waals surface area contributed by atoms with Gasteiger partial charge >= 0.3 is 11.9 Å². The maximum atomic E-state index is 11.9. The smallest absolute Gasteiger partial charge is 0.341 e. The third-order valence-corrected chi connectivity index (χ3v) is 9.53. The molecule has 4 aromatic carbocycles. The second-order valence-corrected chi connectivity index (χ2v) is 13.8. The molecule has 0 spiro atoms.